The molecule has 2 aromatic rings. The molecule has 1 unspecified atom stereocenters. The van der Waals surface area contributed by atoms with E-state index >= 15 is 0 Å². The number of pyridine rings is 1. The molecule has 0 bridgehead atoms. The number of fused-ring (bicyclic) bond motifs is 1. The molecule has 0 aliphatic carbocycles. The van der Waals surface area contributed by atoms with Crippen LogP contribution in [0.25, 0.3) is 10.2 Å². The maximum absolute atomic E-state index is 13.0. The predicted molar refractivity (Wildman–Crippen MR) is 107 cm³/mol. The lowest BCUT2D eigenvalue weighted by Gasteiger charge is -2.24. The molecule has 1 amide bonds. The normalized spacial score (nSPS) is 12.8. The van der Waals surface area contributed by atoms with Gasteiger partial charge >= 0.3 is 0 Å². The van der Waals surface area contributed by atoms with Gasteiger partial charge in [0.25, 0.3) is 5.91 Å². The summed E-state index contributed by atoms with van der Waals surface area (Å²) in [6.07, 6.45) is 5.38. The van der Waals surface area contributed by atoms with E-state index in [1.54, 1.807) is 24.5 Å². The summed E-state index contributed by atoms with van der Waals surface area (Å²) in [7, 11) is 5.66. The first kappa shape index (κ1) is 18.9. The highest BCUT2D eigenvalue weighted by Crippen LogP contribution is 2.36. The first-order valence-corrected chi connectivity index (χ1v) is 9.51. The van der Waals surface area contributed by atoms with E-state index < -0.39 is 0 Å². The van der Waals surface area contributed by atoms with E-state index in [0.29, 0.717) is 4.88 Å². The molecule has 2 heterocycles. The van der Waals surface area contributed by atoms with E-state index in [0.717, 1.165) is 33.2 Å². The van der Waals surface area contributed by atoms with Crippen molar-refractivity contribution in [1.29, 1.82) is 0 Å². The SMILES string of the molecule is CCCC(C)N(C=NC)C(=O)c1cc2c(N(C)C)c(Br)cnc2s1. The first-order valence-electron chi connectivity index (χ1n) is 7.91. The number of aliphatic imine (C=N–C) groups is 1. The van der Waals surface area contributed by atoms with Gasteiger partial charge in [-0.2, -0.15) is 0 Å². The molecule has 2 aromatic heterocycles. The third kappa shape index (κ3) is 3.78. The molecule has 24 heavy (non-hydrogen) atoms. The summed E-state index contributed by atoms with van der Waals surface area (Å²) in [4.78, 5) is 26.8. The largest absolute Gasteiger partial charge is 0.376 e. The van der Waals surface area contributed by atoms with Gasteiger partial charge in [-0.05, 0) is 35.3 Å². The lowest BCUT2D eigenvalue weighted by Crippen LogP contribution is -2.37. The molecule has 7 heteroatoms. The number of carbonyl (C=O) groups excluding carboxylic acids is 1. The van der Waals surface area contributed by atoms with E-state index in [1.165, 1.54) is 11.3 Å². The molecule has 0 aromatic carbocycles. The van der Waals surface area contributed by atoms with E-state index in [4.69, 9.17) is 0 Å². The molecule has 0 aliphatic heterocycles. The summed E-state index contributed by atoms with van der Waals surface area (Å²) in [5.74, 6) is -0.0228. The molecule has 0 radical (unpaired) electrons. The topological polar surface area (TPSA) is 48.8 Å². The summed E-state index contributed by atoms with van der Waals surface area (Å²) >= 11 is 4.97. The molecule has 0 aliphatic rings. The van der Waals surface area contributed by atoms with Crippen molar-refractivity contribution in [2.45, 2.75) is 32.7 Å². The molecule has 5 nitrogen and oxygen atoms in total. The average Bonchev–Trinajstić information content (AvgIpc) is 2.95. The van der Waals surface area contributed by atoms with Gasteiger partial charge in [0.2, 0.25) is 0 Å². The van der Waals surface area contributed by atoms with Gasteiger partial charge < -0.3 is 4.90 Å². The van der Waals surface area contributed by atoms with Gasteiger partial charge in [-0.3, -0.25) is 14.7 Å². The van der Waals surface area contributed by atoms with Crippen LogP contribution in [-0.2, 0) is 0 Å². The highest BCUT2D eigenvalue weighted by atomic mass is 79.9. The van der Waals surface area contributed by atoms with Gasteiger partial charge in [0.05, 0.1) is 21.4 Å². The number of hydrogen-bond donors (Lipinski definition) is 0. The zero-order chi connectivity index (χ0) is 17.9. The van der Waals surface area contributed by atoms with E-state index in [1.807, 2.05) is 25.1 Å². The number of rotatable bonds is 6. The lowest BCUT2D eigenvalue weighted by atomic mass is 10.1. The number of aromatic nitrogens is 1. The molecule has 0 saturated carbocycles. The van der Waals surface area contributed by atoms with Crippen molar-refractivity contribution >= 4 is 55.4 Å². The number of nitrogens with zero attached hydrogens (tertiary/aromatic N) is 4. The van der Waals surface area contributed by atoms with Gasteiger partial charge in [-0.15, -0.1) is 11.3 Å². The van der Waals surface area contributed by atoms with E-state index in [-0.39, 0.29) is 11.9 Å². The Kier molecular flexibility index (Phi) is 6.34. The fourth-order valence-electron chi connectivity index (χ4n) is 2.69. The Bertz CT molecular complexity index is 756. The minimum absolute atomic E-state index is 0.0228. The Morgan fingerprint density at radius 2 is 2.21 bits per heavy atom. The van der Waals surface area contributed by atoms with Crippen LogP contribution < -0.4 is 4.90 Å². The number of thiophene rings is 1. The second-order valence-corrected chi connectivity index (χ2v) is 7.79. The quantitative estimate of drug-likeness (QED) is 0.523. The Morgan fingerprint density at radius 1 is 1.50 bits per heavy atom. The van der Waals surface area contributed by atoms with Gasteiger partial charge in [0, 0.05) is 38.8 Å². The molecular weight excluding hydrogens is 388 g/mol. The molecule has 1 atom stereocenters. The molecule has 0 spiro atoms. The minimum Gasteiger partial charge on any atom is -0.376 e. The van der Waals surface area contributed by atoms with Gasteiger partial charge in [0.15, 0.2) is 0 Å². The van der Waals surface area contributed by atoms with Gasteiger partial charge in [0.1, 0.15) is 4.83 Å². The Morgan fingerprint density at radius 3 is 2.79 bits per heavy atom. The average molecular weight is 411 g/mol. The van der Waals surface area contributed by atoms with Crippen LogP contribution >= 0.6 is 27.3 Å². The molecule has 0 N–H and O–H groups in total. The van der Waals surface area contributed by atoms with Crippen molar-refractivity contribution in [3.8, 4) is 0 Å². The summed E-state index contributed by atoms with van der Waals surface area (Å²) in [6.45, 7) is 4.17. The third-order valence-corrected chi connectivity index (χ3v) is 5.41. The van der Waals surface area contributed by atoms with Crippen LogP contribution in [0.3, 0.4) is 0 Å². The Hall–Kier alpha value is -1.47. The number of anilines is 1. The predicted octanol–water partition coefficient (Wildman–Crippen LogP) is 4.41. The molecular formula is C17H23BrN4OS. The van der Waals surface area contributed by atoms with Crippen LogP contribution in [0.2, 0.25) is 0 Å². The molecule has 2 rings (SSSR count). The van der Waals surface area contributed by atoms with Crippen molar-refractivity contribution in [3.05, 3.63) is 21.6 Å². The summed E-state index contributed by atoms with van der Waals surface area (Å²) in [5.41, 5.74) is 1.03. The molecule has 0 fully saturated rings. The first-order chi connectivity index (χ1) is 11.4. The zero-order valence-electron chi connectivity index (χ0n) is 14.7. The maximum Gasteiger partial charge on any atom is 0.269 e. The highest BCUT2D eigenvalue weighted by molar-refractivity contribution is 9.10. The van der Waals surface area contributed by atoms with Crippen LogP contribution in [0.15, 0.2) is 21.7 Å². The number of hydrogen-bond acceptors (Lipinski definition) is 5. The second-order valence-electron chi connectivity index (χ2n) is 5.90. The van der Waals surface area contributed by atoms with Crippen LogP contribution in [0, 0.1) is 0 Å². The van der Waals surface area contributed by atoms with E-state index in [9.17, 15) is 4.79 Å². The standard InChI is InChI=1S/C17H23BrN4OS/c1-6-7-11(2)22(10-19-3)17(23)14-8-12-15(21(4)5)13(18)9-20-16(12)24-14/h8-11H,6-7H2,1-5H3. The summed E-state index contributed by atoms with van der Waals surface area (Å²) in [5, 5.41) is 0.985. The fraction of sp³-hybridized carbons (Fsp3) is 0.471. The minimum atomic E-state index is -0.0228. The van der Waals surface area contributed by atoms with Crippen molar-refractivity contribution in [2.24, 2.45) is 4.99 Å². The zero-order valence-corrected chi connectivity index (χ0v) is 17.1. The van der Waals surface area contributed by atoms with Crippen LogP contribution in [0.1, 0.15) is 36.4 Å². The van der Waals surface area contributed by atoms with E-state index in [2.05, 4.69) is 39.8 Å². The second kappa shape index (κ2) is 8.07. The number of halogens is 1. The summed E-state index contributed by atoms with van der Waals surface area (Å²) < 4.78 is 0.920. The maximum atomic E-state index is 13.0. The fourth-order valence-corrected chi connectivity index (χ4v) is 4.31. The van der Waals surface area contributed by atoms with Crippen LogP contribution in [0.5, 0.6) is 0 Å². The Balaban J connectivity index is 2.47. The van der Waals surface area contributed by atoms with Gasteiger partial charge in [-0.25, -0.2) is 4.98 Å². The van der Waals surface area contributed by atoms with Crippen molar-refractivity contribution in [3.63, 3.8) is 0 Å². The summed E-state index contributed by atoms with van der Waals surface area (Å²) in [6, 6.07) is 2.05. The van der Waals surface area contributed by atoms with Gasteiger partial charge in [-0.1, -0.05) is 13.3 Å². The smallest absolute Gasteiger partial charge is 0.269 e. The third-order valence-electron chi connectivity index (χ3n) is 3.80. The Labute approximate surface area is 155 Å². The highest BCUT2D eigenvalue weighted by Gasteiger charge is 2.23. The number of amides is 1. The van der Waals surface area contributed by atoms with Crippen molar-refractivity contribution in [2.75, 3.05) is 26.0 Å². The van der Waals surface area contributed by atoms with Crippen LogP contribution in [-0.4, -0.2) is 49.3 Å². The molecule has 130 valence electrons. The van der Waals surface area contributed by atoms with Crippen LogP contribution in [0.4, 0.5) is 5.69 Å². The van der Waals surface area contributed by atoms with Crippen molar-refractivity contribution in [1.82, 2.24) is 9.88 Å². The lowest BCUT2D eigenvalue weighted by molar-refractivity contribution is 0.0816. The monoisotopic (exact) mass is 410 g/mol. The number of carbonyl (C=O) groups is 1. The molecule has 0 saturated heterocycles. The van der Waals surface area contributed by atoms with Crippen molar-refractivity contribution < 1.29 is 4.79 Å².